The summed E-state index contributed by atoms with van der Waals surface area (Å²) in [4.78, 5) is 32.1. The van der Waals surface area contributed by atoms with Gasteiger partial charge in [0.2, 0.25) is 0 Å². The molecule has 4 rings (SSSR count). The number of esters is 1. The number of carbonyl (C=O) groups is 2. The van der Waals surface area contributed by atoms with Crippen molar-refractivity contribution in [3.8, 4) is 17.1 Å². The highest BCUT2D eigenvalue weighted by molar-refractivity contribution is 9.10. The molecule has 0 spiro atoms. The van der Waals surface area contributed by atoms with E-state index in [2.05, 4.69) is 31.2 Å². The van der Waals surface area contributed by atoms with E-state index in [1.54, 1.807) is 31.4 Å². The molecule has 9 heteroatoms. The Morgan fingerprint density at radius 1 is 1.09 bits per heavy atom. The highest BCUT2D eigenvalue weighted by Gasteiger charge is 2.14. The first-order valence-corrected chi connectivity index (χ1v) is 10.3. The summed E-state index contributed by atoms with van der Waals surface area (Å²) in [6.45, 7) is -0.549. The SMILES string of the molecule is COc1ccc(-c2nc3ccc(C(=O)OCC(=O)Nc4ccc(Br)cc4F)cc3[nH]2)cc1. The number of nitrogens with one attached hydrogen (secondary N) is 2. The number of rotatable bonds is 6. The number of fused-ring (bicyclic) bond motifs is 1. The fraction of sp³-hybridized carbons (Fsp3) is 0.0870. The van der Waals surface area contributed by atoms with Gasteiger partial charge in [0.25, 0.3) is 5.91 Å². The Hall–Kier alpha value is -3.72. The zero-order valence-corrected chi connectivity index (χ0v) is 18.4. The topological polar surface area (TPSA) is 93.3 Å². The summed E-state index contributed by atoms with van der Waals surface area (Å²) in [6.07, 6.45) is 0. The Kier molecular flexibility index (Phi) is 6.18. The van der Waals surface area contributed by atoms with Crippen molar-refractivity contribution in [2.24, 2.45) is 0 Å². The average Bonchev–Trinajstić information content (AvgIpc) is 3.23. The third-order valence-corrected chi connectivity index (χ3v) is 5.11. The zero-order chi connectivity index (χ0) is 22.7. The summed E-state index contributed by atoms with van der Waals surface area (Å²) < 4.78 is 24.6. The number of carbonyl (C=O) groups excluding carboxylic acids is 2. The number of benzene rings is 3. The van der Waals surface area contributed by atoms with Crippen LogP contribution in [-0.2, 0) is 9.53 Å². The van der Waals surface area contributed by atoms with Gasteiger partial charge in [-0.2, -0.15) is 0 Å². The summed E-state index contributed by atoms with van der Waals surface area (Å²) in [5.41, 5.74) is 2.44. The number of H-pyrrole nitrogens is 1. The smallest absolute Gasteiger partial charge is 0.338 e. The number of amides is 1. The summed E-state index contributed by atoms with van der Waals surface area (Å²) in [5.74, 6) is -0.551. The average molecular weight is 498 g/mol. The van der Waals surface area contributed by atoms with Gasteiger partial charge in [0.05, 0.1) is 29.4 Å². The number of hydrogen-bond donors (Lipinski definition) is 2. The van der Waals surface area contributed by atoms with Crippen molar-refractivity contribution >= 4 is 44.5 Å². The minimum Gasteiger partial charge on any atom is -0.497 e. The van der Waals surface area contributed by atoms with E-state index in [-0.39, 0.29) is 11.3 Å². The predicted molar refractivity (Wildman–Crippen MR) is 121 cm³/mol. The van der Waals surface area contributed by atoms with Gasteiger partial charge in [-0.05, 0) is 60.7 Å². The third-order valence-electron chi connectivity index (χ3n) is 4.62. The summed E-state index contributed by atoms with van der Waals surface area (Å²) in [5, 5.41) is 2.37. The number of imidazole rings is 1. The van der Waals surface area contributed by atoms with E-state index in [9.17, 15) is 14.0 Å². The molecule has 0 atom stereocenters. The van der Waals surface area contributed by atoms with Crippen molar-refractivity contribution in [1.29, 1.82) is 0 Å². The third kappa shape index (κ3) is 4.78. The maximum Gasteiger partial charge on any atom is 0.338 e. The second-order valence-corrected chi connectivity index (χ2v) is 7.71. The van der Waals surface area contributed by atoms with E-state index < -0.39 is 24.3 Å². The fourth-order valence-corrected chi connectivity index (χ4v) is 3.35. The molecule has 4 aromatic rings. The highest BCUT2D eigenvalue weighted by atomic mass is 79.9. The van der Waals surface area contributed by atoms with E-state index in [4.69, 9.17) is 9.47 Å². The van der Waals surface area contributed by atoms with Crippen LogP contribution in [0, 0.1) is 5.82 Å². The fourth-order valence-electron chi connectivity index (χ4n) is 3.01. The van der Waals surface area contributed by atoms with E-state index in [0.717, 1.165) is 11.3 Å². The number of aromatic amines is 1. The Morgan fingerprint density at radius 2 is 1.88 bits per heavy atom. The largest absolute Gasteiger partial charge is 0.497 e. The van der Waals surface area contributed by atoms with Crippen molar-refractivity contribution in [2.75, 3.05) is 19.0 Å². The van der Waals surface area contributed by atoms with Crippen molar-refractivity contribution in [3.63, 3.8) is 0 Å². The Bertz CT molecular complexity index is 1300. The van der Waals surface area contributed by atoms with Gasteiger partial charge in [0.1, 0.15) is 17.4 Å². The number of hydrogen-bond acceptors (Lipinski definition) is 5. The molecule has 3 aromatic carbocycles. The van der Waals surface area contributed by atoms with Crippen molar-refractivity contribution in [1.82, 2.24) is 9.97 Å². The first-order valence-electron chi connectivity index (χ1n) is 9.49. The lowest BCUT2D eigenvalue weighted by Crippen LogP contribution is -2.21. The zero-order valence-electron chi connectivity index (χ0n) is 16.8. The number of methoxy groups -OCH3 is 1. The lowest BCUT2D eigenvalue weighted by atomic mass is 10.2. The molecule has 7 nitrogen and oxygen atoms in total. The van der Waals surface area contributed by atoms with Crippen LogP contribution in [0.5, 0.6) is 5.75 Å². The number of aromatic nitrogens is 2. The van der Waals surface area contributed by atoms with E-state index >= 15 is 0 Å². The number of halogens is 2. The number of nitrogens with zero attached hydrogens (tertiary/aromatic N) is 1. The van der Waals surface area contributed by atoms with Crippen molar-refractivity contribution in [3.05, 3.63) is 76.5 Å². The summed E-state index contributed by atoms with van der Waals surface area (Å²) in [6, 6.07) is 16.5. The van der Waals surface area contributed by atoms with Crippen LogP contribution < -0.4 is 10.1 Å². The van der Waals surface area contributed by atoms with Gasteiger partial charge in [-0.3, -0.25) is 4.79 Å². The quantitative estimate of drug-likeness (QED) is 0.368. The second-order valence-electron chi connectivity index (χ2n) is 6.79. The van der Waals surface area contributed by atoms with Gasteiger partial charge in [0.15, 0.2) is 6.61 Å². The standard InChI is InChI=1S/C23H17BrFN3O4/c1-31-16-6-2-13(3-7-16)22-27-19-8-4-14(10-20(19)28-22)23(30)32-12-21(29)26-18-9-5-15(24)11-17(18)25/h2-11H,12H2,1H3,(H,26,29)(H,27,28). The molecule has 0 aliphatic carbocycles. The Balaban J connectivity index is 1.42. The summed E-state index contributed by atoms with van der Waals surface area (Å²) in [7, 11) is 1.60. The highest BCUT2D eigenvalue weighted by Crippen LogP contribution is 2.24. The Morgan fingerprint density at radius 3 is 2.59 bits per heavy atom. The molecule has 2 N–H and O–H groups in total. The van der Waals surface area contributed by atoms with Crippen LogP contribution in [0.15, 0.2) is 65.1 Å². The molecule has 0 fully saturated rings. The van der Waals surface area contributed by atoms with Gasteiger partial charge in [0, 0.05) is 10.0 Å². The molecule has 1 amide bonds. The van der Waals surface area contributed by atoms with E-state index in [1.165, 1.54) is 12.1 Å². The minimum atomic E-state index is -0.682. The molecule has 0 saturated carbocycles. The molecular weight excluding hydrogens is 481 g/mol. The first kappa shape index (κ1) is 21.5. The molecule has 32 heavy (non-hydrogen) atoms. The van der Waals surface area contributed by atoms with Gasteiger partial charge in [-0.15, -0.1) is 0 Å². The van der Waals surface area contributed by atoms with Gasteiger partial charge >= 0.3 is 5.97 Å². The van der Waals surface area contributed by atoms with E-state index in [0.29, 0.717) is 21.3 Å². The molecule has 0 bridgehead atoms. The molecule has 0 saturated heterocycles. The number of anilines is 1. The second kappa shape index (κ2) is 9.19. The monoisotopic (exact) mass is 497 g/mol. The van der Waals surface area contributed by atoms with Gasteiger partial charge in [-0.1, -0.05) is 15.9 Å². The minimum absolute atomic E-state index is 0.000750. The number of ether oxygens (including phenoxy) is 2. The van der Waals surface area contributed by atoms with Gasteiger partial charge < -0.3 is 19.8 Å². The van der Waals surface area contributed by atoms with E-state index in [1.807, 2.05) is 24.3 Å². The van der Waals surface area contributed by atoms with Crippen LogP contribution in [0.4, 0.5) is 10.1 Å². The van der Waals surface area contributed by atoms with Crippen LogP contribution in [0.25, 0.3) is 22.4 Å². The molecule has 162 valence electrons. The maximum atomic E-state index is 13.8. The van der Waals surface area contributed by atoms with Crippen molar-refractivity contribution < 1.29 is 23.5 Å². The lowest BCUT2D eigenvalue weighted by Gasteiger charge is -2.08. The van der Waals surface area contributed by atoms with Crippen LogP contribution in [0.3, 0.4) is 0 Å². The van der Waals surface area contributed by atoms with Crippen LogP contribution in [0.1, 0.15) is 10.4 Å². The molecule has 0 aliphatic rings. The molecule has 0 radical (unpaired) electrons. The molecule has 1 aromatic heterocycles. The molecule has 0 unspecified atom stereocenters. The van der Waals surface area contributed by atoms with Gasteiger partial charge in [-0.25, -0.2) is 14.2 Å². The molecule has 1 heterocycles. The molecular formula is C23H17BrFN3O4. The van der Waals surface area contributed by atoms with Crippen LogP contribution in [0.2, 0.25) is 0 Å². The van der Waals surface area contributed by atoms with Crippen LogP contribution >= 0.6 is 15.9 Å². The van der Waals surface area contributed by atoms with Crippen LogP contribution in [-0.4, -0.2) is 35.6 Å². The summed E-state index contributed by atoms with van der Waals surface area (Å²) >= 11 is 3.14. The van der Waals surface area contributed by atoms with Crippen molar-refractivity contribution in [2.45, 2.75) is 0 Å². The predicted octanol–water partition coefficient (Wildman–Crippen LogP) is 4.94. The lowest BCUT2D eigenvalue weighted by molar-refractivity contribution is -0.119. The normalized spacial score (nSPS) is 10.7. The molecule has 0 aliphatic heterocycles. The first-order chi connectivity index (χ1) is 15.4. The Labute approximate surface area is 190 Å². The maximum absolute atomic E-state index is 13.8.